The standard InChI is InChI=1S/C13H19ClN4O4S/c1-3-4-5-8-18(23(2,21)22)13(20)17-12(19)16-11-7-6-10(14)9-15-11/h6-7,9H,3-5,8H2,1-2H3,(H2,15,16,17,19,20). The van der Waals surface area contributed by atoms with Crippen LogP contribution in [-0.4, -0.2) is 42.6 Å². The van der Waals surface area contributed by atoms with Crippen LogP contribution in [0.4, 0.5) is 15.4 Å². The van der Waals surface area contributed by atoms with Crippen LogP contribution in [0.5, 0.6) is 0 Å². The van der Waals surface area contributed by atoms with E-state index in [0.717, 1.165) is 19.1 Å². The summed E-state index contributed by atoms with van der Waals surface area (Å²) in [6, 6.07) is 1.07. The zero-order chi connectivity index (χ0) is 17.5. The van der Waals surface area contributed by atoms with Gasteiger partial charge in [0.25, 0.3) is 0 Å². The first-order valence-electron chi connectivity index (χ1n) is 6.95. The molecule has 0 spiro atoms. The number of nitrogens with zero attached hydrogens (tertiary/aromatic N) is 2. The lowest BCUT2D eigenvalue weighted by atomic mass is 10.2. The van der Waals surface area contributed by atoms with Crippen molar-refractivity contribution in [1.29, 1.82) is 0 Å². The Bertz CT molecular complexity index is 648. The highest BCUT2D eigenvalue weighted by Crippen LogP contribution is 2.09. The van der Waals surface area contributed by atoms with Crippen molar-refractivity contribution in [2.24, 2.45) is 0 Å². The smallest absolute Gasteiger partial charge is 0.292 e. The Hall–Kier alpha value is -1.87. The van der Waals surface area contributed by atoms with E-state index < -0.39 is 22.1 Å². The first kappa shape index (κ1) is 19.2. The maximum atomic E-state index is 12.0. The second-order valence-corrected chi connectivity index (χ2v) is 7.13. The van der Waals surface area contributed by atoms with E-state index in [4.69, 9.17) is 11.6 Å². The number of aromatic nitrogens is 1. The first-order valence-corrected chi connectivity index (χ1v) is 9.18. The summed E-state index contributed by atoms with van der Waals surface area (Å²) in [4.78, 5) is 27.5. The summed E-state index contributed by atoms with van der Waals surface area (Å²) < 4.78 is 23.9. The van der Waals surface area contributed by atoms with Crippen molar-refractivity contribution in [3.8, 4) is 0 Å². The van der Waals surface area contributed by atoms with Gasteiger partial charge in [0.2, 0.25) is 10.0 Å². The molecule has 0 saturated heterocycles. The molecule has 8 nitrogen and oxygen atoms in total. The van der Waals surface area contributed by atoms with Gasteiger partial charge in [-0.2, -0.15) is 0 Å². The maximum absolute atomic E-state index is 12.0. The fraction of sp³-hybridized carbons (Fsp3) is 0.462. The van der Waals surface area contributed by atoms with Gasteiger partial charge in [0.1, 0.15) is 5.82 Å². The molecular weight excluding hydrogens is 344 g/mol. The third-order valence-corrected chi connectivity index (χ3v) is 4.15. The fourth-order valence-electron chi connectivity index (χ4n) is 1.68. The number of unbranched alkanes of at least 4 members (excludes halogenated alkanes) is 2. The van der Waals surface area contributed by atoms with Crippen LogP contribution in [0, 0.1) is 0 Å². The Labute approximate surface area is 140 Å². The van der Waals surface area contributed by atoms with E-state index in [1.54, 1.807) is 0 Å². The first-order chi connectivity index (χ1) is 10.7. The molecule has 128 valence electrons. The normalized spacial score (nSPS) is 10.9. The van der Waals surface area contributed by atoms with Gasteiger partial charge < -0.3 is 0 Å². The van der Waals surface area contributed by atoms with Crippen molar-refractivity contribution in [3.63, 3.8) is 0 Å². The predicted molar refractivity (Wildman–Crippen MR) is 87.9 cm³/mol. The molecule has 0 radical (unpaired) electrons. The zero-order valence-electron chi connectivity index (χ0n) is 12.9. The monoisotopic (exact) mass is 362 g/mol. The van der Waals surface area contributed by atoms with Crippen LogP contribution in [0.15, 0.2) is 18.3 Å². The molecule has 2 N–H and O–H groups in total. The van der Waals surface area contributed by atoms with Crippen LogP contribution in [0.3, 0.4) is 0 Å². The van der Waals surface area contributed by atoms with Crippen molar-refractivity contribution >= 4 is 39.5 Å². The van der Waals surface area contributed by atoms with Gasteiger partial charge in [0.15, 0.2) is 0 Å². The number of pyridine rings is 1. The Kier molecular flexibility index (Phi) is 7.24. The lowest BCUT2D eigenvalue weighted by Gasteiger charge is -2.20. The van der Waals surface area contributed by atoms with Crippen molar-refractivity contribution in [3.05, 3.63) is 23.4 Å². The summed E-state index contributed by atoms with van der Waals surface area (Å²) in [6.45, 7) is 1.97. The number of hydrogen-bond acceptors (Lipinski definition) is 5. The van der Waals surface area contributed by atoms with Crippen LogP contribution in [0.2, 0.25) is 5.02 Å². The summed E-state index contributed by atoms with van der Waals surface area (Å²) >= 11 is 5.67. The van der Waals surface area contributed by atoms with E-state index in [1.807, 2.05) is 12.2 Å². The fourth-order valence-corrected chi connectivity index (χ4v) is 2.60. The predicted octanol–water partition coefficient (Wildman–Crippen LogP) is 2.43. The number of anilines is 1. The number of hydrogen-bond donors (Lipinski definition) is 2. The number of urea groups is 2. The Morgan fingerprint density at radius 3 is 2.52 bits per heavy atom. The average molecular weight is 363 g/mol. The molecule has 1 rings (SSSR count). The van der Waals surface area contributed by atoms with Crippen molar-refractivity contribution in [2.45, 2.75) is 26.2 Å². The van der Waals surface area contributed by atoms with E-state index in [-0.39, 0.29) is 12.4 Å². The highest BCUT2D eigenvalue weighted by atomic mass is 35.5. The van der Waals surface area contributed by atoms with Gasteiger partial charge in [-0.25, -0.2) is 27.3 Å². The van der Waals surface area contributed by atoms with Crippen LogP contribution >= 0.6 is 11.6 Å². The molecule has 1 aromatic rings. The second-order valence-electron chi connectivity index (χ2n) is 4.79. The van der Waals surface area contributed by atoms with Gasteiger partial charge in [0.05, 0.1) is 11.3 Å². The molecule has 1 aromatic heterocycles. The van der Waals surface area contributed by atoms with Gasteiger partial charge in [-0.15, -0.1) is 0 Å². The lowest BCUT2D eigenvalue weighted by Crippen LogP contribution is -2.47. The van der Waals surface area contributed by atoms with Crippen LogP contribution in [-0.2, 0) is 10.0 Å². The van der Waals surface area contributed by atoms with E-state index in [0.29, 0.717) is 15.7 Å². The summed E-state index contributed by atoms with van der Waals surface area (Å²) in [5.41, 5.74) is 0. The van der Waals surface area contributed by atoms with Gasteiger partial charge in [-0.1, -0.05) is 31.4 Å². The number of amides is 4. The summed E-state index contributed by atoms with van der Waals surface area (Å²) in [7, 11) is -3.76. The molecule has 0 saturated carbocycles. The number of halogens is 1. The zero-order valence-corrected chi connectivity index (χ0v) is 14.4. The summed E-state index contributed by atoms with van der Waals surface area (Å²) in [5.74, 6) is 0.177. The van der Waals surface area contributed by atoms with Crippen molar-refractivity contribution < 1.29 is 18.0 Å². The summed E-state index contributed by atoms with van der Waals surface area (Å²) in [5, 5.41) is 4.67. The SMILES string of the molecule is CCCCCN(C(=O)NC(=O)Nc1ccc(Cl)cn1)S(C)(=O)=O. The molecule has 0 atom stereocenters. The molecule has 10 heteroatoms. The molecular formula is C13H19ClN4O4S. The topological polar surface area (TPSA) is 108 Å². The lowest BCUT2D eigenvalue weighted by molar-refractivity contribution is 0.219. The Morgan fingerprint density at radius 1 is 1.30 bits per heavy atom. The van der Waals surface area contributed by atoms with Crippen LogP contribution in [0.1, 0.15) is 26.2 Å². The summed E-state index contributed by atoms with van der Waals surface area (Å²) in [6.07, 6.45) is 4.42. The Morgan fingerprint density at radius 2 is 2.00 bits per heavy atom. The number of nitrogens with one attached hydrogen (secondary N) is 2. The number of carbonyl (C=O) groups excluding carboxylic acids is 2. The third kappa shape index (κ3) is 6.83. The largest absolute Gasteiger partial charge is 0.339 e. The number of rotatable bonds is 6. The quantitative estimate of drug-likeness (QED) is 0.755. The minimum atomic E-state index is -3.76. The maximum Gasteiger partial charge on any atom is 0.339 e. The second kappa shape index (κ2) is 8.68. The van der Waals surface area contributed by atoms with Crippen molar-refractivity contribution in [1.82, 2.24) is 14.6 Å². The highest BCUT2D eigenvalue weighted by molar-refractivity contribution is 7.88. The van der Waals surface area contributed by atoms with Crippen molar-refractivity contribution in [2.75, 3.05) is 18.1 Å². The average Bonchev–Trinajstić information content (AvgIpc) is 2.44. The van der Waals surface area contributed by atoms with E-state index >= 15 is 0 Å². The van der Waals surface area contributed by atoms with Gasteiger partial charge in [-0.05, 0) is 18.6 Å². The number of carbonyl (C=O) groups is 2. The molecule has 0 aromatic carbocycles. The van der Waals surface area contributed by atoms with Crippen LogP contribution in [0.25, 0.3) is 0 Å². The molecule has 0 aliphatic rings. The molecule has 0 aliphatic heterocycles. The molecule has 1 heterocycles. The van der Waals surface area contributed by atoms with Gasteiger partial charge in [-0.3, -0.25) is 10.6 Å². The van der Waals surface area contributed by atoms with E-state index in [9.17, 15) is 18.0 Å². The molecule has 4 amide bonds. The minimum absolute atomic E-state index is 0.0188. The number of imide groups is 1. The Balaban J connectivity index is 2.66. The van der Waals surface area contributed by atoms with E-state index in [1.165, 1.54) is 18.3 Å². The molecule has 23 heavy (non-hydrogen) atoms. The molecule has 0 bridgehead atoms. The molecule has 0 aliphatic carbocycles. The number of sulfonamides is 1. The van der Waals surface area contributed by atoms with Gasteiger partial charge >= 0.3 is 12.1 Å². The van der Waals surface area contributed by atoms with E-state index in [2.05, 4.69) is 10.3 Å². The molecule has 0 fully saturated rings. The van der Waals surface area contributed by atoms with Crippen LogP contribution < -0.4 is 10.6 Å². The molecule has 0 unspecified atom stereocenters. The third-order valence-electron chi connectivity index (χ3n) is 2.78. The van der Waals surface area contributed by atoms with Gasteiger partial charge in [0, 0.05) is 12.7 Å². The highest BCUT2D eigenvalue weighted by Gasteiger charge is 2.24. The minimum Gasteiger partial charge on any atom is -0.292 e.